The Kier molecular flexibility index (Phi) is 4.10. The molecule has 2 aromatic rings. The molecule has 0 bridgehead atoms. The van der Waals surface area contributed by atoms with Gasteiger partial charge in [-0.2, -0.15) is 0 Å². The van der Waals surface area contributed by atoms with Crippen molar-refractivity contribution >= 4 is 0 Å². The van der Waals surface area contributed by atoms with Crippen molar-refractivity contribution in [2.45, 2.75) is 25.3 Å². The molecule has 18 heavy (non-hydrogen) atoms. The quantitative estimate of drug-likeness (QED) is 0.887. The highest BCUT2D eigenvalue weighted by atomic mass is 19.1. The molecule has 2 nitrogen and oxygen atoms in total. The first-order valence-electron chi connectivity index (χ1n) is 5.87. The van der Waals surface area contributed by atoms with Gasteiger partial charge in [0.2, 0.25) is 0 Å². The molecule has 0 aliphatic carbocycles. The number of nitrogens with two attached hydrogens (primary N) is 1. The van der Waals surface area contributed by atoms with Crippen LogP contribution in [0.5, 0.6) is 0 Å². The third-order valence-corrected chi connectivity index (χ3v) is 2.87. The number of benzene rings is 1. The van der Waals surface area contributed by atoms with Crippen LogP contribution < -0.4 is 5.73 Å². The lowest BCUT2D eigenvalue weighted by molar-refractivity contribution is 0.476. The zero-order chi connectivity index (χ0) is 13.0. The van der Waals surface area contributed by atoms with Gasteiger partial charge in [-0.3, -0.25) is 0 Å². The largest absolute Gasteiger partial charge is 0.469 e. The summed E-state index contributed by atoms with van der Waals surface area (Å²) in [5.41, 5.74) is 5.94. The van der Waals surface area contributed by atoms with Crippen molar-refractivity contribution in [2.75, 3.05) is 0 Å². The summed E-state index contributed by atoms with van der Waals surface area (Å²) in [5, 5.41) is 0. The molecule has 1 atom stereocenters. The Balaban J connectivity index is 1.92. The monoisotopic (exact) mass is 251 g/mol. The second-order valence-corrected chi connectivity index (χ2v) is 4.28. The Labute approximate surface area is 104 Å². The van der Waals surface area contributed by atoms with E-state index in [1.807, 2.05) is 6.07 Å². The summed E-state index contributed by atoms with van der Waals surface area (Å²) in [7, 11) is 0. The highest BCUT2D eigenvalue weighted by molar-refractivity contribution is 5.20. The first kappa shape index (κ1) is 12.8. The number of aryl methyl sites for hydroxylation is 1. The van der Waals surface area contributed by atoms with Gasteiger partial charge in [0.1, 0.15) is 17.4 Å². The molecule has 0 saturated carbocycles. The SMILES string of the molecule is NC(CCc1ccco1)Cc1c(F)cccc1F. The second kappa shape index (κ2) is 5.78. The van der Waals surface area contributed by atoms with Crippen molar-refractivity contribution in [3.8, 4) is 0 Å². The average molecular weight is 251 g/mol. The molecule has 0 fully saturated rings. The smallest absolute Gasteiger partial charge is 0.129 e. The Morgan fingerprint density at radius 3 is 2.44 bits per heavy atom. The van der Waals surface area contributed by atoms with Gasteiger partial charge in [-0.25, -0.2) is 8.78 Å². The van der Waals surface area contributed by atoms with Crippen LogP contribution in [0.4, 0.5) is 8.78 Å². The minimum absolute atomic E-state index is 0.0597. The predicted molar refractivity (Wildman–Crippen MR) is 65.1 cm³/mol. The summed E-state index contributed by atoms with van der Waals surface area (Å²) < 4.78 is 32.0. The zero-order valence-corrected chi connectivity index (χ0v) is 9.90. The van der Waals surface area contributed by atoms with Crippen LogP contribution in [0.25, 0.3) is 0 Å². The van der Waals surface area contributed by atoms with E-state index < -0.39 is 11.6 Å². The number of furan rings is 1. The third kappa shape index (κ3) is 3.17. The molecule has 0 radical (unpaired) electrons. The topological polar surface area (TPSA) is 39.2 Å². The second-order valence-electron chi connectivity index (χ2n) is 4.28. The highest BCUT2D eigenvalue weighted by Crippen LogP contribution is 2.15. The number of halogens is 2. The van der Waals surface area contributed by atoms with E-state index in [-0.39, 0.29) is 18.0 Å². The van der Waals surface area contributed by atoms with Gasteiger partial charge in [0.25, 0.3) is 0 Å². The molecule has 4 heteroatoms. The highest BCUT2D eigenvalue weighted by Gasteiger charge is 2.13. The van der Waals surface area contributed by atoms with Crippen LogP contribution in [0, 0.1) is 11.6 Å². The van der Waals surface area contributed by atoms with E-state index in [1.165, 1.54) is 18.2 Å². The molecule has 0 saturated heterocycles. The van der Waals surface area contributed by atoms with Crippen molar-refractivity contribution in [1.29, 1.82) is 0 Å². The Bertz CT molecular complexity index is 476. The van der Waals surface area contributed by atoms with Gasteiger partial charge < -0.3 is 10.2 Å². The Hall–Kier alpha value is -1.68. The normalized spacial score (nSPS) is 12.6. The Morgan fingerprint density at radius 1 is 1.11 bits per heavy atom. The lowest BCUT2D eigenvalue weighted by atomic mass is 10.0. The van der Waals surface area contributed by atoms with Crippen molar-refractivity contribution < 1.29 is 13.2 Å². The number of rotatable bonds is 5. The summed E-state index contributed by atoms with van der Waals surface area (Å²) in [6.45, 7) is 0. The summed E-state index contributed by atoms with van der Waals surface area (Å²) in [4.78, 5) is 0. The van der Waals surface area contributed by atoms with E-state index in [2.05, 4.69) is 0 Å². The summed E-state index contributed by atoms with van der Waals surface area (Å²) >= 11 is 0. The molecule has 1 unspecified atom stereocenters. The molecule has 1 heterocycles. The van der Waals surface area contributed by atoms with Gasteiger partial charge >= 0.3 is 0 Å². The lowest BCUT2D eigenvalue weighted by Gasteiger charge is -2.12. The fraction of sp³-hybridized carbons (Fsp3) is 0.286. The number of hydrogen-bond donors (Lipinski definition) is 1. The van der Waals surface area contributed by atoms with Gasteiger partial charge in [-0.1, -0.05) is 6.07 Å². The van der Waals surface area contributed by atoms with E-state index in [0.717, 1.165) is 5.76 Å². The molecule has 0 amide bonds. The van der Waals surface area contributed by atoms with Crippen molar-refractivity contribution in [2.24, 2.45) is 5.73 Å². The third-order valence-electron chi connectivity index (χ3n) is 2.87. The minimum Gasteiger partial charge on any atom is -0.469 e. The molecule has 1 aromatic heterocycles. The van der Waals surface area contributed by atoms with E-state index in [9.17, 15) is 8.78 Å². The fourth-order valence-corrected chi connectivity index (χ4v) is 1.87. The molecule has 96 valence electrons. The lowest BCUT2D eigenvalue weighted by Crippen LogP contribution is -2.24. The van der Waals surface area contributed by atoms with Crippen molar-refractivity contribution in [3.63, 3.8) is 0 Å². The van der Waals surface area contributed by atoms with Crippen LogP contribution in [-0.2, 0) is 12.8 Å². The molecule has 1 aromatic carbocycles. The zero-order valence-electron chi connectivity index (χ0n) is 9.90. The van der Waals surface area contributed by atoms with Crippen LogP contribution in [0.3, 0.4) is 0 Å². The van der Waals surface area contributed by atoms with Crippen LogP contribution in [-0.4, -0.2) is 6.04 Å². The first-order chi connectivity index (χ1) is 8.66. The molecular formula is C14H15F2NO. The van der Waals surface area contributed by atoms with Gasteiger partial charge in [0.05, 0.1) is 6.26 Å². The van der Waals surface area contributed by atoms with Gasteiger partial charge in [0, 0.05) is 18.0 Å². The summed E-state index contributed by atoms with van der Waals surface area (Å²) in [6, 6.07) is 7.22. The van der Waals surface area contributed by atoms with Gasteiger partial charge in [-0.05, 0) is 37.1 Å². The Morgan fingerprint density at radius 2 is 1.83 bits per heavy atom. The maximum absolute atomic E-state index is 13.4. The van der Waals surface area contributed by atoms with E-state index >= 15 is 0 Å². The standard InChI is InChI=1S/C14H15F2NO/c15-13-4-1-5-14(16)12(13)9-10(17)6-7-11-3-2-8-18-11/h1-5,8,10H,6-7,9,17H2. The molecule has 0 spiro atoms. The predicted octanol–water partition coefficient (Wildman–Crippen LogP) is 3.06. The van der Waals surface area contributed by atoms with Gasteiger partial charge in [0.15, 0.2) is 0 Å². The number of hydrogen-bond acceptors (Lipinski definition) is 2. The summed E-state index contributed by atoms with van der Waals surface area (Å²) in [5.74, 6) is -0.244. The minimum atomic E-state index is -0.538. The maximum atomic E-state index is 13.4. The average Bonchev–Trinajstić information content (AvgIpc) is 2.84. The van der Waals surface area contributed by atoms with Crippen LogP contribution in [0.1, 0.15) is 17.7 Å². The molecule has 2 rings (SSSR count). The molecule has 0 aliphatic heterocycles. The van der Waals surface area contributed by atoms with E-state index in [1.54, 1.807) is 12.3 Å². The molecular weight excluding hydrogens is 236 g/mol. The van der Waals surface area contributed by atoms with E-state index in [0.29, 0.717) is 12.8 Å². The van der Waals surface area contributed by atoms with Crippen LogP contribution in [0.2, 0.25) is 0 Å². The molecule has 2 N–H and O–H groups in total. The van der Waals surface area contributed by atoms with Gasteiger partial charge in [-0.15, -0.1) is 0 Å². The molecule has 0 aliphatic rings. The maximum Gasteiger partial charge on any atom is 0.129 e. The van der Waals surface area contributed by atoms with E-state index in [4.69, 9.17) is 10.2 Å². The fourth-order valence-electron chi connectivity index (χ4n) is 1.87. The van der Waals surface area contributed by atoms with Crippen LogP contribution in [0.15, 0.2) is 41.0 Å². The van der Waals surface area contributed by atoms with Crippen LogP contribution >= 0.6 is 0 Å². The summed E-state index contributed by atoms with van der Waals surface area (Å²) in [6.07, 6.45) is 3.09. The first-order valence-corrected chi connectivity index (χ1v) is 5.87. The van der Waals surface area contributed by atoms with Crippen molar-refractivity contribution in [1.82, 2.24) is 0 Å². The van der Waals surface area contributed by atoms with Crippen molar-refractivity contribution in [3.05, 3.63) is 59.6 Å².